The predicted octanol–water partition coefficient (Wildman–Crippen LogP) is 5.95. The summed E-state index contributed by atoms with van der Waals surface area (Å²) < 4.78 is 6.12. The van der Waals surface area contributed by atoms with E-state index >= 15 is 0 Å². The second kappa shape index (κ2) is 11.6. The van der Waals surface area contributed by atoms with Crippen LogP contribution in [0.3, 0.4) is 0 Å². The maximum Gasteiger partial charge on any atom is 0.134 e. The fourth-order valence-electron chi connectivity index (χ4n) is 3.09. The zero-order valence-corrected chi connectivity index (χ0v) is 18.0. The third kappa shape index (κ3) is 6.13. The van der Waals surface area contributed by atoms with Gasteiger partial charge < -0.3 is 14.6 Å². The zero-order chi connectivity index (χ0) is 17.6. The van der Waals surface area contributed by atoms with Crippen LogP contribution in [0.4, 0.5) is 0 Å². The van der Waals surface area contributed by atoms with Gasteiger partial charge >= 0.3 is 0 Å². The van der Waals surface area contributed by atoms with Gasteiger partial charge in [-0.3, -0.25) is 0 Å². The number of fused-ring (bicyclic) bond motifs is 1. The number of nitrogens with zero attached hydrogens (tertiary/aromatic N) is 1. The van der Waals surface area contributed by atoms with Crippen molar-refractivity contribution in [3.63, 3.8) is 0 Å². The lowest BCUT2D eigenvalue weighted by Crippen LogP contribution is -2.34. The van der Waals surface area contributed by atoms with Crippen LogP contribution in [0.25, 0.3) is 11.0 Å². The van der Waals surface area contributed by atoms with Crippen LogP contribution in [0.5, 0.6) is 0 Å². The number of furan rings is 1. The van der Waals surface area contributed by atoms with Gasteiger partial charge in [-0.1, -0.05) is 55.8 Å². The molecule has 0 aliphatic rings. The van der Waals surface area contributed by atoms with Crippen molar-refractivity contribution in [2.24, 2.45) is 0 Å². The first-order chi connectivity index (χ1) is 12.2. The van der Waals surface area contributed by atoms with Gasteiger partial charge in [-0.05, 0) is 42.9 Å². The van der Waals surface area contributed by atoms with Gasteiger partial charge in [0.15, 0.2) is 0 Å². The van der Waals surface area contributed by atoms with Gasteiger partial charge in [0.2, 0.25) is 0 Å². The molecule has 1 aromatic heterocycles. The van der Waals surface area contributed by atoms with E-state index in [1.807, 2.05) is 30.3 Å². The van der Waals surface area contributed by atoms with E-state index in [1.54, 1.807) is 0 Å². The molecule has 0 aliphatic heterocycles. The first-order valence-corrected chi connectivity index (χ1v) is 9.28. The summed E-state index contributed by atoms with van der Waals surface area (Å²) in [5.41, 5.74) is 2.07. The van der Waals surface area contributed by atoms with Gasteiger partial charge in [0.1, 0.15) is 11.3 Å². The van der Waals surface area contributed by atoms with Crippen molar-refractivity contribution < 1.29 is 4.42 Å². The molecule has 0 spiro atoms. The summed E-state index contributed by atoms with van der Waals surface area (Å²) in [4.78, 5) is 2.41. The van der Waals surface area contributed by atoms with E-state index in [9.17, 15) is 0 Å². The molecule has 0 fully saturated rings. The minimum Gasteiger partial charge on any atom is -0.459 e. The van der Waals surface area contributed by atoms with E-state index in [4.69, 9.17) is 16.0 Å². The molecule has 0 amide bonds. The molecular formula is C21H27Cl3N2O. The van der Waals surface area contributed by atoms with E-state index in [1.165, 1.54) is 0 Å². The summed E-state index contributed by atoms with van der Waals surface area (Å²) in [6.45, 7) is 8.42. The number of nitrogens with one attached hydrogen (secondary N) is 1. The monoisotopic (exact) mass is 428 g/mol. The summed E-state index contributed by atoms with van der Waals surface area (Å²) in [7, 11) is 0. The minimum atomic E-state index is 0. The van der Waals surface area contributed by atoms with Crippen molar-refractivity contribution in [2.45, 2.75) is 19.9 Å². The molecule has 1 unspecified atom stereocenters. The highest BCUT2D eigenvalue weighted by Gasteiger charge is 2.18. The van der Waals surface area contributed by atoms with Crippen LogP contribution in [-0.4, -0.2) is 31.1 Å². The molecule has 1 N–H and O–H groups in total. The normalized spacial score (nSPS) is 11.9. The maximum absolute atomic E-state index is 6.12. The van der Waals surface area contributed by atoms with Gasteiger partial charge in [-0.15, -0.1) is 24.8 Å². The van der Waals surface area contributed by atoms with Crippen LogP contribution in [-0.2, 0) is 0 Å². The quantitative estimate of drug-likeness (QED) is 0.479. The van der Waals surface area contributed by atoms with Crippen molar-refractivity contribution in [2.75, 3.05) is 26.2 Å². The van der Waals surface area contributed by atoms with Crippen LogP contribution in [0.15, 0.2) is 59.0 Å². The molecule has 1 atom stereocenters. The lowest BCUT2D eigenvalue weighted by atomic mass is 10.0. The van der Waals surface area contributed by atoms with Gasteiger partial charge in [0.25, 0.3) is 0 Å². The minimum absolute atomic E-state index is 0. The second-order valence-electron chi connectivity index (χ2n) is 6.15. The maximum atomic E-state index is 6.12. The van der Waals surface area contributed by atoms with Gasteiger partial charge in [-0.2, -0.15) is 0 Å². The average molecular weight is 430 g/mol. The Morgan fingerprint density at radius 3 is 2.30 bits per heavy atom. The molecule has 3 aromatic rings. The Bertz CT molecular complexity index is 768. The van der Waals surface area contributed by atoms with E-state index in [2.05, 4.69) is 48.3 Å². The Hall–Kier alpha value is -1.23. The van der Waals surface area contributed by atoms with E-state index < -0.39 is 0 Å². The number of rotatable bonds is 8. The Morgan fingerprint density at radius 1 is 1.00 bits per heavy atom. The molecule has 0 saturated carbocycles. The number of halogens is 3. The Morgan fingerprint density at radius 2 is 1.67 bits per heavy atom. The Balaban J connectivity index is 0.00000182. The zero-order valence-electron chi connectivity index (χ0n) is 15.7. The van der Waals surface area contributed by atoms with Crippen LogP contribution < -0.4 is 5.32 Å². The lowest BCUT2D eigenvalue weighted by Gasteiger charge is -2.22. The van der Waals surface area contributed by atoms with Crippen LogP contribution in [0.1, 0.15) is 31.2 Å². The van der Waals surface area contributed by atoms with Crippen molar-refractivity contribution in [3.8, 4) is 0 Å². The Kier molecular flexibility index (Phi) is 10.2. The number of hydrogen-bond donors (Lipinski definition) is 1. The summed E-state index contributed by atoms with van der Waals surface area (Å²) in [5, 5.41) is 5.53. The van der Waals surface area contributed by atoms with Gasteiger partial charge in [0.05, 0.1) is 6.04 Å². The molecule has 6 heteroatoms. The van der Waals surface area contributed by atoms with Gasteiger partial charge in [-0.25, -0.2) is 0 Å². The SMILES string of the molecule is CCN(CC)CCNC(c1ccc(Cl)cc1)c1cc2ccccc2o1.Cl.Cl. The molecule has 2 aromatic carbocycles. The van der Waals surface area contributed by atoms with E-state index in [0.29, 0.717) is 0 Å². The molecule has 0 saturated heterocycles. The molecule has 27 heavy (non-hydrogen) atoms. The number of para-hydroxylation sites is 1. The molecule has 148 valence electrons. The summed E-state index contributed by atoms with van der Waals surface area (Å²) in [6.07, 6.45) is 0. The standard InChI is InChI=1S/C21H25ClN2O.2ClH/c1-3-24(4-2)14-13-23-21(16-9-11-18(22)12-10-16)20-15-17-7-5-6-8-19(17)25-20;;/h5-12,15,21,23H,3-4,13-14H2,1-2H3;2*1H. The molecule has 0 aliphatic carbocycles. The van der Waals surface area contributed by atoms with Crippen LogP contribution in [0, 0.1) is 0 Å². The highest BCUT2D eigenvalue weighted by molar-refractivity contribution is 6.30. The van der Waals surface area contributed by atoms with Crippen molar-refractivity contribution in [1.29, 1.82) is 0 Å². The third-order valence-corrected chi connectivity index (χ3v) is 4.86. The first-order valence-electron chi connectivity index (χ1n) is 8.91. The Labute approximate surface area is 178 Å². The largest absolute Gasteiger partial charge is 0.459 e. The average Bonchev–Trinajstić information content (AvgIpc) is 3.07. The fourth-order valence-corrected chi connectivity index (χ4v) is 3.22. The molecule has 3 nitrogen and oxygen atoms in total. The molecule has 3 rings (SSSR count). The smallest absolute Gasteiger partial charge is 0.134 e. The lowest BCUT2D eigenvalue weighted by molar-refractivity contribution is 0.296. The second-order valence-corrected chi connectivity index (χ2v) is 6.59. The number of benzene rings is 2. The highest BCUT2D eigenvalue weighted by atomic mass is 35.5. The molecule has 0 bridgehead atoms. The molecule has 0 radical (unpaired) electrons. The van der Waals surface area contributed by atoms with Crippen molar-refractivity contribution >= 4 is 47.4 Å². The van der Waals surface area contributed by atoms with E-state index in [0.717, 1.165) is 53.5 Å². The number of hydrogen-bond acceptors (Lipinski definition) is 3. The fraction of sp³-hybridized carbons (Fsp3) is 0.333. The van der Waals surface area contributed by atoms with Crippen molar-refractivity contribution in [3.05, 3.63) is 70.9 Å². The van der Waals surface area contributed by atoms with Gasteiger partial charge in [0, 0.05) is 23.5 Å². The molecule has 1 heterocycles. The summed E-state index contributed by atoms with van der Waals surface area (Å²) >= 11 is 6.06. The van der Waals surface area contributed by atoms with Crippen molar-refractivity contribution in [1.82, 2.24) is 10.2 Å². The number of likely N-dealkylation sites (N-methyl/N-ethyl adjacent to an activating group) is 1. The molecular weight excluding hydrogens is 403 g/mol. The summed E-state index contributed by atoms with van der Waals surface area (Å²) in [5.74, 6) is 0.933. The van der Waals surface area contributed by atoms with Crippen LogP contribution >= 0.6 is 36.4 Å². The van der Waals surface area contributed by atoms with E-state index in [-0.39, 0.29) is 30.9 Å². The third-order valence-electron chi connectivity index (χ3n) is 4.60. The predicted molar refractivity (Wildman–Crippen MR) is 120 cm³/mol. The topological polar surface area (TPSA) is 28.4 Å². The highest BCUT2D eigenvalue weighted by Crippen LogP contribution is 2.29. The summed E-state index contributed by atoms with van der Waals surface area (Å²) in [6, 6.07) is 18.2. The first kappa shape index (κ1) is 23.8. The van der Waals surface area contributed by atoms with Crippen LogP contribution in [0.2, 0.25) is 5.02 Å².